The summed E-state index contributed by atoms with van der Waals surface area (Å²) >= 11 is 0. The van der Waals surface area contributed by atoms with Gasteiger partial charge in [-0.25, -0.2) is 4.79 Å². The topological polar surface area (TPSA) is 58.6 Å². The third-order valence-corrected chi connectivity index (χ3v) is 2.16. The lowest BCUT2D eigenvalue weighted by Gasteiger charge is -2.19. The number of aliphatic hydroxyl groups excluding tert-OH is 1. The van der Waals surface area contributed by atoms with Crippen molar-refractivity contribution < 1.29 is 14.6 Å². The molecular weight excluding hydrogens is 182 g/mol. The summed E-state index contributed by atoms with van der Waals surface area (Å²) in [5.74, 6) is 0.197. The highest BCUT2D eigenvalue weighted by atomic mass is 16.6. The summed E-state index contributed by atoms with van der Waals surface area (Å²) in [6.45, 7) is 7.21. The van der Waals surface area contributed by atoms with E-state index in [0.717, 1.165) is 6.42 Å². The summed E-state index contributed by atoms with van der Waals surface area (Å²) in [5, 5.41) is 11.9. The first kappa shape index (κ1) is 11.3. The average Bonchev–Trinajstić information content (AvgIpc) is 2.61. The highest BCUT2D eigenvalue weighted by Crippen LogP contribution is 2.33. The second kappa shape index (κ2) is 3.77. The molecule has 14 heavy (non-hydrogen) atoms. The maximum Gasteiger partial charge on any atom is 0.407 e. The van der Waals surface area contributed by atoms with Gasteiger partial charge in [-0.3, -0.25) is 0 Å². The van der Waals surface area contributed by atoms with Crippen molar-refractivity contribution in [3.63, 3.8) is 0 Å². The fourth-order valence-corrected chi connectivity index (χ4v) is 1.37. The van der Waals surface area contributed by atoms with E-state index in [1.807, 2.05) is 20.8 Å². The fraction of sp³-hybridized carbons (Fsp3) is 0.900. The van der Waals surface area contributed by atoms with Gasteiger partial charge in [-0.2, -0.15) is 0 Å². The minimum Gasteiger partial charge on any atom is -0.444 e. The van der Waals surface area contributed by atoms with Crippen LogP contribution in [0, 0.1) is 5.92 Å². The van der Waals surface area contributed by atoms with Crippen LogP contribution in [0.25, 0.3) is 0 Å². The molecule has 1 amide bonds. The maximum absolute atomic E-state index is 11.3. The molecule has 1 aliphatic carbocycles. The van der Waals surface area contributed by atoms with Crippen molar-refractivity contribution in [2.45, 2.75) is 51.9 Å². The van der Waals surface area contributed by atoms with E-state index in [1.54, 1.807) is 6.92 Å². The predicted octanol–water partition coefficient (Wildman–Crippen LogP) is 1.28. The molecule has 3 atom stereocenters. The van der Waals surface area contributed by atoms with Crippen LogP contribution in [0.2, 0.25) is 0 Å². The zero-order valence-electron chi connectivity index (χ0n) is 9.20. The molecule has 4 nitrogen and oxygen atoms in total. The third kappa shape index (κ3) is 3.54. The second-order valence-electron chi connectivity index (χ2n) is 4.89. The quantitative estimate of drug-likeness (QED) is 0.707. The molecule has 0 aromatic rings. The largest absolute Gasteiger partial charge is 0.444 e. The van der Waals surface area contributed by atoms with Crippen molar-refractivity contribution in [3.8, 4) is 0 Å². The summed E-state index contributed by atoms with van der Waals surface area (Å²) < 4.78 is 5.08. The van der Waals surface area contributed by atoms with Gasteiger partial charge >= 0.3 is 6.09 Å². The lowest BCUT2D eigenvalue weighted by atomic mass is 10.2. The van der Waals surface area contributed by atoms with E-state index in [0.29, 0.717) is 0 Å². The first-order chi connectivity index (χ1) is 6.29. The van der Waals surface area contributed by atoms with Gasteiger partial charge in [-0.1, -0.05) is 0 Å². The van der Waals surface area contributed by atoms with Crippen LogP contribution >= 0.6 is 0 Å². The smallest absolute Gasteiger partial charge is 0.407 e. The Bertz CT molecular complexity index is 220. The molecule has 0 bridgehead atoms. The van der Waals surface area contributed by atoms with Crippen LogP contribution in [0.4, 0.5) is 4.79 Å². The standard InChI is InChI=1S/C10H19NO3/c1-6(12)7-5-8(7)11-9(13)14-10(2,3)4/h6-8,12H,5H2,1-4H3,(H,11,13)/t6-,7-,8+/m1/s1. The number of hydrogen-bond acceptors (Lipinski definition) is 3. The zero-order valence-corrected chi connectivity index (χ0v) is 9.20. The lowest BCUT2D eigenvalue weighted by Crippen LogP contribution is -2.35. The molecule has 4 heteroatoms. The average molecular weight is 201 g/mol. The first-order valence-corrected chi connectivity index (χ1v) is 4.97. The van der Waals surface area contributed by atoms with Crippen molar-refractivity contribution in [1.29, 1.82) is 0 Å². The summed E-state index contributed by atoms with van der Waals surface area (Å²) in [6, 6.07) is 0.0878. The number of rotatable bonds is 2. The maximum atomic E-state index is 11.3. The van der Waals surface area contributed by atoms with Gasteiger partial charge in [-0.15, -0.1) is 0 Å². The Kier molecular flexibility index (Phi) is 3.04. The van der Waals surface area contributed by atoms with Crippen molar-refractivity contribution in [3.05, 3.63) is 0 Å². The van der Waals surface area contributed by atoms with Crippen LogP contribution in [0.1, 0.15) is 34.1 Å². The van der Waals surface area contributed by atoms with Crippen LogP contribution in [-0.2, 0) is 4.74 Å². The van der Waals surface area contributed by atoms with E-state index in [4.69, 9.17) is 4.74 Å². The minimum atomic E-state index is -0.459. The van der Waals surface area contributed by atoms with Gasteiger partial charge in [0.15, 0.2) is 0 Å². The van der Waals surface area contributed by atoms with E-state index in [-0.39, 0.29) is 18.1 Å². The molecule has 0 saturated heterocycles. The van der Waals surface area contributed by atoms with Gasteiger partial charge in [0, 0.05) is 12.0 Å². The van der Waals surface area contributed by atoms with Crippen LogP contribution in [0.5, 0.6) is 0 Å². The zero-order chi connectivity index (χ0) is 10.9. The number of hydrogen-bond donors (Lipinski definition) is 2. The Balaban J connectivity index is 2.24. The number of carbonyl (C=O) groups is 1. The third-order valence-electron chi connectivity index (χ3n) is 2.16. The normalized spacial score (nSPS) is 28.1. The summed E-state index contributed by atoms with van der Waals surface area (Å²) in [4.78, 5) is 11.3. The SMILES string of the molecule is C[C@@H](O)[C@H]1C[C@@H]1NC(=O)OC(C)(C)C. The van der Waals surface area contributed by atoms with Gasteiger partial charge in [0.25, 0.3) is 0 Å². The van der Waals surface area contributed by atoms with Crippen molar-refractivity contribution in [2.24, 2.45) is 5.92 Å². The van der Waals surface area contributed by atoms with Gasteiger partial charge in [0.2, 0.25) is 0 Å². The van der Waals surface area contributed by atoms with Gasteiger partial charge in [0.1, 0.15) is 5.60 Å². The Morgan fingerprint density at radius 1 is 1.57 bits per heavy atom. The molecule has 0 radical (unpaired) electrons. The van der Waals surface area contributed by atoms with Crippen LogP contribution in [-0.4, -0.2) is 28.9 Å². The molecule has 1 fully saturated rings. The van der Waals surface area contributed by atoms with Gasteiger partial charge in [-0.05, 0) is 34.1 Å². The monoisotopic (exact) mass is 201 g/mol. The number of amides is 1. The molecule has 0 aromatic heterocycles. The van der Waals surface area contributed by atoms with Gasteiger partial charge in [0.05, 0.1) is 6.10 Å². The van der Waals surface area contributed by atoms with Gasteiger partial charge < -0.3 is 15.2 Å². The molecule has 0 heterocycles. The van der Waals surface area contributed by atoms with Crippen LogP contribution in [0.3, 0.4) is 0 Å². The summed E-state index contributed by atoms with van der Waals surface area (Å²) in [6.07, 6.45) is 0.0947. The molecule has 0 aliphatic heterocycles. The van der Waals surface area contributed by atoms with Crippen molar-refractivity contribution >= 4 is 6.09 Å². The molecule has 0 spiro atoms. The number of nitrogens with one attached hydrogen (secondary N) is 1. The minimum absolute atomic E-state index is 0.0878. The molecule has 1 saturated carbocycles. The Morgan fingerprint density at radius 3 is 2.50 bits per heavy atom. The molecule has 0 aromatic carbocycles. The lowest BCUT2D eigenvalue weighted by molar-refractivity contribution is 0.0515. The summed E-state index contributed by atoms with van der Waals surface area (Å²) in [7, 11) is 0. The number of ether oxygens (including phenoxy) is 1. The van der Waals surface area contributed by atoms with Crippen LogP contribution in [0.15, 0.2) is 0 Å². The van der Waals surface area contributed by atoms with E-state index < -0.39 is 11.7 Å². The fourth-order valence-electron chi connectivity index (χ4n) is 1.37. The molecule has 0 unspecified atom stereocenters. The molecule has 2 N–H and O–H groups in total. The summed E-state index contributed by atoms with van der Waals surface area (Å²) in [5.41, 5.74) is -0.459. The second-order valence-corrected chi connectivity index (χ2v) is 4.89. The molecule has 1 aliphatic rings. The molecule has 82 valence electrons. The highest BCUT2D eigenvalue weighted by molar-refractivity contribution is 5.68. The number of carbonyl (C=O) groups excluding carboxylic acids is 1. The van der Waals surface area contributed by atoms with E-state index in [1.165, 1.54) is 0 Å². The van der Waals surface area contributed by atoms with E-state index >= 15 is 0 Å². The number of alkyl carbamates (subject to hydrolysis) is 1. The van der Waals surface area contributed by atoms with Crippen molar-refractivity contribution in [2.75, 3.05) is 0 Å². The number of aliphatic hydroxyl groups is 1. The molecule has 1 rings (SSSR count). The Morgan fingerprint density at radius 2 is 2.14 bits per heavy atom. The predicted molar refractivity (Wildman–Crippen MR) is 52.9 cm³/mol. The molecular formula is C10H19NO3. The van der Waals surface area contributed by atoms with Crippen LogP contribution < -0.4 is 5.32 Å². The van der Waals surface area contributed by atoms with E-state index in [9.17, 15) is 9.90 Å². The highest BCUT2D eigenvalue weighted by Gasteiger charge is 2.42. The Labute approximate surface area is 84.6 Å². The Hall–Kier alpha value is -0.770. The first-order valence-electron chi connectivity index (χ1n) is 4.97. The van der Waals surface area contributed by atoms with E-state index in [2.05, 4.69) is 5.32 Å². The van der Waals surface area contributed by atoms with Crippen molar-refractivity contribution in [1.82, 2.24) is 5.32 Å².